The number of anilines is 5. The first-order chi connectivity index (χ1) is 17.0. The number of hydrogen-bond acceptors (Lipinski definition) is 9. The second kappa shape index (κ2) is 11.6. The number of carbonyl (C=O) groups is 1. The minimum atomic E-state index is -3.64. The Kier molecular flexibility index (Phi) is 8.83. The zero-order valence-corrected chi connectivity index (χ0v) is 22.3. The number of aromatic nitrogens is 3. The predicted molar refractivity (Wildman–Crippen MR) is 143 cm³/mol. The zero-order valence-electron chi connectivity index (χ0n) is 20.8. The molecule has 0 aliphatic heterocycles. The van der Waals surface area contributed by atoms with Gasteiger partial charge < -0.3 is 21.3 Å². The van der Waals surface area contributed by atoms with Crippen molar-refractivity contribution >= 4 is 56.2 Å². The van der Waals surface area contributed by atoms with E-state index >= 15 is 0 Å². The predicted octanol–water partition coefficient (Wildman–Crippen LogP) is 4.44. The van der Waals surface area contributed by atoms with Gasteiger partial charge in [0, 0.05) is 23.6 Å². The molecule has 1 aromatic carbocycles. The van der Waals surface area contributed by atoms with Gasteiger partial charge in [-0.05, 0) is 50.6 Å². The minimum Gasteiger partial charge on any atom is -0.336 e. The van der Waals surface area contributed by atoms with Crippen LogP contribution in [0, 0.1) is 6.92 Å². The lowest BCUT2D eigenvalue weighted by molar-refractivity contribution is -0.115. The molecule has 0 saturated carbocycles. The van der Waals surface area contributed by atoms with Crippen LogP contribution in [0.25, 0.3) is 0 Å². The molecule has 1 amide bonds. The molecule has 0 aliphatic rings. The Bertz CT molecular complexity index is 1350. The number of sulfone groups is 1. The summed E-state index contributed by atoms with van der Waals surface area (Å²) in [6.45, 7) is 9.22. The highest BCUT2D eigenvalue weighted by molar-refractivity contribution is 7.92. The highest BCUT2D eigenvalue weighted by Crippen LogP contribution is 2.30. The molecule has 0 aliphatic carbocycles. The van der Waals surface area contributed by atoms with Crippen molar-refractivity contribution in [1.29, 1.82) is 0 Å². The van der Waals surface area contributed by atoms with Gasteiger partial charge in [-0.2, -0.15) is 4.98 Å². The minimum absolute atomic E-state index is 0.0876. The fourth-order valence-electron chi connectivity index (χ4n) is 3.04. The smallest absolute Gasteiger partial charge is 0.238 e. The molecule has 12 heteroatoms. The molecule has 3 aromatic rings. The number of nitrogens with zero attached hydrogens (tertiary/aromatic N) is 3. The summed E-state index contributed by atoms with van der Waals surface area (Å²) in [5, 5.41) is 11.5. The number of carbonyl (C=O) groups excluding carboxylic acids is 1. The molecule has 0 spiro atoms. The summed E-state index contributed by atoms with van der Waals surface area (Å²) in [6.07, 6.45) is 2.83. The highest BCUT2D eigenvalue weighted by Gasteiger charge is 2.25. The molecule has 0 fully saturated rings. The van der Waals surface area contributed by atoms with Gasteiger partial charge in [-0.25, -0.2) is 18.4 Å². The van der Waals surface area contributed by atoms with Gasteiger partial charge in [0.15, 0.2) is 20.7 Å². The van der Waals surface area contributed by atoms with E-state index < -0.39 is 15.1 Å². The Morgan fingerprint density at radius 1 is 1.06 bits per heavy atom. The average molecular weight is 532 g/mol. The van der Waals surface area contributed by atoms with Crippen LogP contribution in [-0.2, 0) is 14.6 Å². The monoisotopic (exact) mass is 531 g/mol. The Morgan fingerprint density at radius 2 is 1.81 bits per heavy atom. The van der Waals surface area contributed by atoms with Crippen LogP contribution in [0.2, 0.25) is 5.02 Å². The number of aryl methyl sites for hydroxylation is 1. The fourth-order valence-corrected chi connectivity index (χ4v) is 4.25. The zero-order chi connectivity index (χ0) is 26.5. The van der Waals surface area contributed by atoms with Crippen LogP contribution in [0.5, 0.6) is 0 Å². The summed E-state index contributed by atoms with van der Waals surface area (Å²) >= 11 is 6.31. The second-order valence-electron chi connectivity index (χ2n) is 8.70. The number of benzene rings is 1. The maximum absolute atomic E-state index is 12.7. The van der Waals surface area contributed by atoms with Crippen molar-refractivity contribution in [2.24, 2.45) is 0 Å². The van der Waals surface area contributed by atoms with Crippen LogP contribution in [-0.4, -0.2) is 47.1 Å². The van der Waals surface area contributed by atoms with Crippen LogP contribution in [0.15, 0.2) is 47.8 Å². The van der Waals surface area contributed by atoms with E-state index in [1.54, 1.807) is 32.0 Å². The molecule has 0 atom stereocenters. The van der Waals surface area contributed by atoms with Crippen molar-refractivity contribution in [1.82, 2.24) is 20.3 Å². The lowest BCUT2D eigenvalue weighted by atomic mass is 10.2. The van der Waals surface area contributed by atoms with Gasteiger partial charge in [0.2, 0.25) is 11.9 Å². The van der Waals surface area contributed by atoms with Crippen molar-refractivity contribution < 1.29 is 13.2 Å². The van der Waals surface area contributed by atoms with E-state index in [1.807, 2.05) is 32.9 Å². The number of nitrogens with one attached hydrogen (secondary N) is 4. The van der Waals surface area contributed by atoms with Crippen molar-refractivity contribution in [2.45, 2.75) is 50.9 Å². The molecule has 2 heterocycles. The molecule has 0 bridgehead atoms. The molecular formula is C24H30ClN7O3S. The lowest BCUT2D eigenvalue weighted by Crippen LogP contribution is -2.32. The van der Waals surface area contributed by atoms with E-state index in [4.69, 9.17) is 11.6 Å². The van der Waals surface area contributed by atoms with Crippen LogP contribution in [0.3, 0.4) is 0 Å². The summed E-state index contributed by atoms with van der Waals surface area (Å²) in [5.74, 6) is 0.285. The number of rotatable bonds is 10. The van der Waals surface area contributed by atoms with Crippen molar-refractivity contribution in [2.75, 3.05) is 22.5 Å². The Hall–Kier alpha value is -3.28. The summed E-state index contributed by atoms with van der Waals surface area (Å²) in [7, 11) is -3.64. The summed E-state index contributed by atoms with van der Waals surface area (Å²) in [6, 6.07) is 8.87. The van der Waals surface area contributed by atoms with E-state index in [2.05, 4.69) is 36.2 Å². The quantitative estimate of drug-likeness (QED) is 0.299. The molecular weight excluding hydrogens is 502 g/mol. The van der Waals surface area contributed by atoms with Crippen LogP contribution >= 0.6 is 11.6 Å². The number of halogens is 1. The van der Waals surface area contributed by atoms with Crippen LogP contribution in [0.1, 0.15) is 33.3 Å². The van der Waals surface area contributed by atoms with Gasteiger partial charge in [-0.1, -0.05) is 31.5 Å². The van der Waals surface area contributed by atoms with Crippen molar-refractivity contribution in [3.63, 3.8) is 0 Å². The number of hydrogen-bond donors (Lipinski definition) is 4. The third kappa shape index (κ3) is 6.90. The third-order valence-corrected chi connectivity index (χ3v) is 7.48. The largest absolute Gasteiger partial charge is 0.336 e. The summed E-state index contributed by atoms with van der Waals surface area (Å²) in [5.41, 5.74) is 2.46. The molecule has 192 valence electrons. The molecule has 36 heavy (non-hydrogen) atoms. The Balaban J connectivity index is 1.84. The van der Waals surface area contributed by atoms with Gasteiger partial charge in [0.05, 0.1) is 23.7 Å². The first-order valence-electron chi connectivity index (χ1n) is 11.4. The van der Waals surface area contributed by atoms with E-state index in [0.717, 1.165) is 5.56 Å². The van der Waals surface area contributed by atoms with Gasteiger partial charge in [0.25, 0.3) is 0 Å². The fraction of sp³-hybridized carbons (Fsp3) is 0.333. The van der Waals surface area contributed by atoms with Gasteiger partial charge in [-0.15, -0.1) is 0 Å². The van der Waals surface area contributed by atoms with Crippen LogP contribution in [0.4, 0.5) is 28.8 Å². The average Bonchev–Trinajstić information content (AvgIpc) is 2.82. The Morgan fingerprint density at radius 3 is 2.50 bits per heavy atom. The van der Waals surface area contributed by atoms with E-state index in [9.17, 15) is 13.2 Å². The lowest BCUT2D eigenvalue weighted by Gasteiger charge is -2.15. The van der Waals surface area contributed by atoms with Gasteiger partial charge in [0.1, 0.15) is 5.02 Å². The molecule has 10 nitrogen and oxygen atoms in total. The molecule has 3 rings (SSSR count). The SMILES string of the molecule is Cc1ccc(NC(=O)CNC(C)C)cc1Nc1ncc(Cl)c(Nc2cccnc2S(=O)(=O)C(C)C)n1. The molecule has 0 unspecified atom stereocenters. The molecule has 4 N–H and O–H groups in total. The maximum Gasteiger partial charge on any atom is 0.238 e. The maximum atomic E-state index is 12.7. The first-order valence-corrected chi connectivity index (χ1v) is 13.3. The summed E-state index contributed by atoms with van der Waals surface area (Å²) < 4.78 is 25.5. The van der Waals surface area contributed by atoms with Gasteiger partial charge in [-0.3, -0.25) is 4.79 Å². The highest BCUT2D eigenvalue weighted by atomic mass is 35.5. The molecule has 0 radical (unpaired) electrons. The number of pyridine rings is 1. The Labute approximate surface area is 216 Å². The summed E-state index contributed by atoms with van der Waals surface area (Å²) in [4.78, 5) is 24.9. The second-order valence-corrected chi connectivity index (χ2v) is 11.5. The normalized spacial score (nSPS) is 11.6. The number of amides is 1. The topological polar surface area (TPSA) is 138 Å². The first kappa shape index (κ1) is 27.3. The van der Waals surface area contributed by atoms with E-state index in [-0.39, 0.29) is 46.0 Å². The van der Waals surface area contributed by atoms with Crippen LogP contribution < -0.4 is 21.3 Å². The third-order valence-electron chi connectivity index (χ3n) is 5.10. The van der Waals surface area contributed by atoms with Gasteiger partial charge >= 0.3 is 0 Å². The standard InChI is InChI=1S/C24H30ClN7O3S/c1-14(2)27-13-21(33)29-17-9-8-16(5)20(11-17)31-24-28-12-18(25)22(32-24)30-19-7-6-10-26-23(19)36(34,35)15(3)4/h6-12,14-15,27H,13H2,1-5H3,(H,29,33)(H2,28,30,31,32). The molecule has 0 saturated heterocycles. The van der Waals surface area contributed by atoms with Crippen molar-refractivity contribution in [3.05, 3.63) is 53.3 Å². The van der Waals surface area contributed by atoms with Crippen molar-refractivity contribution in [3.8, 4) is 0 Å². The molecule has 2 aromatic heterocycles. The van der Waals surface area contributed by atoms with E-state index in [1.165, 1.54) is 12.4 Å². The van der Waals surface area contributed by atoms with E-state index in [0.29, 0.717) is 11.4 Å².